The number of carbonyl (C=O) groups excluding carboxylic acids is 1. The van der Waals surface area contributed by atoms with E-state index in [0.717, 1.165) is 17.5 Å². The number of carbonyl (C=O) groups is 1. The third-order valence-electron chi connectivity index (χ3n) is 2.67. The summed E-state index contributed by atoms with van der Waals surface area (Å²) in [4.78, 5) is 17.7. The zero-order chi connectivity index (χ0) is 14.7. The quantitative estimate of drug-likeness (QED) is 0.382. The minimum atomic E-state index is -3.00. The lowest BCUT2D eigenvalue weighted by Gasteiger charge is -2.06. The Hall–Kier alpha value is -2.31. The van der Waals surface area contributed by atoms with E-state index in [1.54, 1.807) is 38.1 Å². The van der Waals surface area contributed by atoms with Gasteiger partial charge in [0.2, 0.25) is 5.78 Å². The molecule has 104 valence electrons. The van der Waals surface area contributed by atoms with Gasteiger partial charge in [0.25, 0.3) is 0 Å². The summed E-state index contributed by atoms with van der Waals surface area (Å²) in [5, 5.41) is 0. The van der Waals surface area contributed by atoms with Crippen LogP contribution in [0.3, 0.4) is 0 Å². The van der Waals surface area contributed by atoms with Crippen LogP contribution in [-0.2, 0) is 4.65 Å². The third-order valence-corrected chi connectivity index (χ3v) is 2.67. The number of hydrogen-bond donors (Lipinski definition) is 2. The summed E-state index contributed by atoms with van der Waals surface area (Å²) in [7, 11) is -3.00. The second kappa shape index (κ2) is 5.77. The Morgan fingerprint density at radius 1 is 1.10 bits per heavy atom. The molecule has 0 aliphatic rings. The molecular weight excluding hydrogens is 265 g/mol. The molecule has 2 rings (SSSR count). The van der Waals surface area contributed by atoms with Gasteiger partial charge in [-0.1, -0.05) is 0 Å². The summed E-state index contributed by atoms with van der Waals surface area (Å²) in [6.07, 6.45) is 1.04. The molecule has 0 aliphatic heterocycles. The monoisotopic (exact) mass is 278 g/mol. The van der Waals surface area contributed by atoms with E-state index in [1.807, 2.05) is 0 Å². The molecule has 0 atom stereocenters. The molecule has 4 nitrogen and oxygen atoms in total. The molecule has 20 heavy (non-hydrogen) atoms. The number of halogens is 2. The molecule has 2 heterocycles. The number of nitrogens with one attached hydrogen (secondary N) is 2. The third kappa shape index (κ3) is 3.37. The van der Waals surface area contributed by atoms with E-state index in [2.05, 4.69) is 14.6 Å². The molecule has 0 aromatic carbocycles. The number of rotatable bonds is 5. The SMILES string of the molecule is Cc1ccc(C(=O)/C=C(\OB(F)F)c2ccc(C)[nH]2)[nH]1. The van der Waals surface area contributed by atoms with Crippen molar-refractivity contribution in [2.75, 3.05) is 0 Å². The molecule has 0 fully saturated rings. The normalized spacial score (nSPS) is 11.5. The number of aromatic nitrogens is 2. The van der Waals surface area contributed by atoms with Gasteiger partial charge in [-0.3, -0.25) is 4.79 Å². The van der Waals surface area contributed by atoms with Gasteiger partial charge >= 0.3 is 7.47 Å². The van der Waals surface area contributed by atoms with Crippen LogP contribution < -0.4 is 0 Å². The number of ketones is 1. The first-order valence-corrected chi connectivity index (χ1v) is 5.98. The van der Waals surface area contributed by atoms with Crippen molar-refractivity contribution in [1.29, 1.82) is 0 Å². The smallest absolute Gasteiger partial charge is 0.503 e. The first-order chi connectivity index (χ1) is 9.45. The van der Waals surface area contributed by atoms with Crippen molar-refractivity contribution in [3.8, 4) is 0 Å². The van der Waals surface area contributed by atoms with Gasteiger partial charge in [0.05, 0.1) is 11.4 Å². The van der Waals surface area contributed by atoms with Crippen LogP contribution in [0, 0.1) is 13.8 Å². The molecule has 0 bridgehead atoms. The van der Waals surface area contributed by atoms with Gasteiger partial charge in [-0.25, -0.2) is 8.63 Å². The van der Waals surface area contributed by atoms with Crippen LogP contribution in [0.1, 0.15) is 27.6 Å². The second-order valence-corrected chi connectivity index (χ2v) is 4.36. The van der Waals surface area contributed by atoms with Crippen molar-refractivity contribution in [2.45, 2.75) is 13.8 Å². The molecule has 0 saturated carbocycles. The fraction of sp³-hybridized carbons (Fsp3) is 0.154. The number of aryl methyl sites for hydroxylation is 2. The lowest BCUT2D eigenvalue weighted by atomic mass is 10.2. The van der Waals surface area contributed by atoms with Crippen molar-refractivity contribution in [1.82, 2.24) is 9.97 Å². The molecule has 0 unspecified atom stereocenters. The largest absolute Gasteiger partial charge is 0.796 e. The summed E-state index contributed by atoms with van der Waals surface area (Å²) >= 11 is 0. The molecule has 7 heteroatoms. The highest BCUT2D eigenvalue weighted by molar-refractivity contribution is 6.36. The molecule has 0 aliphatic carbocycles. The van der Waals surface area contributed by atoms with Crippen molar-refractivity contribution >= 4 is 19.0 Å². The maximum atomic E-state index is 12.4. The highest BCUT2D eigenvalue weighted by Gasteiger charge is 2.22. The Balaban J connectivity index is 2.30. The maximum Gasteiger partial charge on any atom is 0.796 e. The standard InChI is InChI=1S/C13H13BF2N2O2/c1-8-3-5-10(17-8)12(19)7-13(20-14(15)16)11-6-4-9(2)18-11/h3-7,17-18H,1-2H3/b13-7-. The molecule has 0 saturated heterocycles. The fourth-order valence-corrected chi connectivity index (χ4v) is 1.76. The molecule has 2 aromatic rings. The summed E-state index contributed by atoms with van der Waals surface area (Å²) in [6.45, 7) is 3.57. The van der Waals surface area contributed by atoms with Gasteiger partial charge in [0.1, 0.15) is 5.76 Å². The van der Waals surface area contributed by atoms with Crippen molar-refractivity contribution in [3.63, 3.8) is 0 Å². The molecule has 0 amide bonds. The van der Waals surface area contributed by atoms with Gasteiger partial charge in [-0.2, -0.15) is 0 Å². The Labute approximate surface area is 115 Å². The Morgan fingerprint density at radius 2 is 1.65 bits per heavy atom. The van der Waals surface area contributed by atoms with E-state index in [9.17, 15) is 13.4 Å². The lowest BCUT2D eigenvalue weighted by Crippen LogP contribution is -2.07. The highest BCUT2D eigenvalue weighted by atomic mass is 19.2. The summed E-state index contributed by atoms with van der Waals surface area (Å²) in [5.74, 6) is -0.619. The van der Waals surface area contributed by atoms with Crippen molar-refractivity contribution in [3.05, 3.63) is 53.1 Å². The van der Waals surface area contributed by atoms with Gasteiger partial charge in [0, 0.05) is 17.5 Å². The van der Waals surface area contributed by atoms with E-state index in [4.69, 9.17) is 0 Å². The van der Waals surface area contributed by atoms with E-state index < -0.39 is 13.3 Å². The van der Waals surface area contributed by atoms with E-state index in [0.29, 0.717) is 11.4 Å². The van der Waals surface area contributed by atoms with Crippen LogP contribution in [0.5, 0.6) is 0 Å². The summed E-state index contributed by atoms with van der Waals surface area (Å²) < 4.78 is 29.3. The Morgan fingerprint density at radius 3 is 2.10 bits per heavy atom. The molecule has 0 spiro atoms. The van der Waals surface area contributed by atoms with E-state index >= 15 is 0 Å². The van der Waals surface area contributed by atoms with Gasteiger partial charge < -0.3 is 14.6 Å². The van der Waals surface area contributed by atoms with E-state index in [1.165, 1.54) is 0 Å². The number of H-pyrrole nitrogens is 2. The molecule has 0 radical (unpaired) electrons. The minimum absolute atomic E-state index is 0.189. The number of aromatic amines is 2. The van der Waals surface area contributed by atoms with Crippen molar-refractivity contribution < 1.29 is 18.1 Å². The topological polar surface area (TPSA) is 57.9 Å². The first-order valence-electron chi connectivity index (χ1n) is 5.98. The predicted octanol–water partition coefficient (Wildman–Crippen LogP) is 3.12. The zero-order valence-electron chi connectivity index (χ0n) is 11.0. The van der Waals surface area contributed by atoms with Gasteiger partial charge in [-0.05, 0) is 38.1 Å². The predicted molar refractivity (Wildman–Crippen MR) is 72.4 cm³/mol. The zero-order valence-corrected chi connectivity index (χ0v) is 11.0. The number of allylic oxidation sites excluding steroid dienone is 1. The highest BCUT2D eigenvalue weighted by Crippen LogP contribution is 2.18. The van der Waals surface area contributed by atoms with Crippen LogP contribution in [0.4, 0.5) is 8.63 Å². The first kappa shape index (κ1) is 14.1. The number of hydrogen-bond acceptors (Lipinski definition) is 2. The van der Waals surface area contributed by atoms with E-state index in [-0.39, 0.29) is 5.76 Å². The second-order valence-electron chi connectivity index (χ2n) is 4.36. The van der Waals surface area contributed by atoms with Crippen LogP contribution in [0.15, 0.2) is 30.3 Å². The Kier molecular flexibility index (Phi) is 4.07. The Bertz CT molecular complexity index is 646. The van der Waals surface area contributed by atoms with Gasteiger partial charge in [0.15, 0.2) is 0 Å². The lowest BCUT2D eigenvalue weighted by molar-refractivity contribution is 0.104. The van der Waals surface area contributed by atoms with Crippen LogP contribution in [0.2, 0.25) is 0 Å². The fourth-order valence-electron chi connectivity index (χ4n) is 1.76. The average Bonchev–Trinajstić information content (AvgIpc) is 2.96. The summed E-state index contributed by atoms with van der Waals surface area (Å²) in [5.41, 5.74) is 2.25. The molecular formula is C13H13BF2N2O2. The maximum absolute atomic E-state index is 12.4. The van der Waals surface area contributed by atoms with Crippen LogP contribution in [-0.4, -0.2) is 23.2 Å². The van der Waals surface area contributed by atoms with Crippen molar-refractivity contribution in [2.24, 2.45) is 0 Å². The minimum Gasteiger partial charge on any atom is -0.503 e. The summed E-state index contributed by atoms with van der Waals surface area (Å²) in [6, 6.07) is 6.61. The van der Waals surface area contributed by atoms with Gasteiger partial charge in [-0.15, -0.1) is 0 Å². The average molecular weight is 278 g/mol. The molecule has 2 aromatic heterocycles. The molecule has 2 N–H and O–H groups in total. The van der Waals surface area contributed by atoms with Crippen LogP contribution >= 0.6 is 0 Å². The van der Waals surface area contributed by atoms with Crippen LogP contribution in [0.25, 0.3) is 5.76 Å².